The number of non-ortho nitro benzene ring substituents is 1. The highest BCUT2D eigenvalue weighted by Gasteiger charge is 2.29. The van der Waals surface area contributed by atoms with Gasteiger partial charge in [0.15, 0.2) is 0 Å². The molecule has 0 bridgehead atoms. The second-order valence-corrected chi connectivity index (χ2v) is 9.57. The summed E-state index contributed by atoms with van der Waals surface area (Å²) in [4.78, 5) is 12.9. The summed E-state index contributed by atoms with van der Waals surface area (Å²) in [5.74, 6) is 0.460. The van der Waals surface area contributed by atoms with Crippen LogP contribution in [-0.2, 0) is 22.9 Å². The van der Waals surface area contributed by atoms with E-state index in [1.54, 1.807) is 22.5 Å². The first kappa shape index (κ1) is 20.8. The Morgan fingerprint density at radius 2 is 1.77 bits per heavy atom. The number of hydrogen-bond acceptors (Lipinski definition) is 6. The van der Waals surface area contributed by atoms with Gasteiger partial charge in [0.25, 0.3) is 5.69 Å². The van der Waals surface area contributed by atoms with Crippen molar-refractivity contribution in [1.29, 1.82) is 0 Å². The average molecular weight is 432 g/mol. The Hall–Kier alpha value is -2.49. The summed E-state index contributed by atoms with van der Waals surface area (Å²) in [6, 6.07) is 11.6. The largest absolute Gasteiger partial charge is 0.492 e. The summed E-state index contributed by atoms with van der Waals surface area (Å²) in [6.07, 6.45) is 3.08. The van der Waals surface area contributed by atoms with E-state index in [0.717, 1.165) is 24.8 Å². The monoisotopic (exact) mass is 431 g/mol. The molecule has 30 heavy (non-hydrogen) atoms. The van der Waals surface area contributed by atoms with Gasteiger partial charge in [-0.1, -0.05) is 12.1 Å². The smallest absolute Gasteiger partial charge is 0.273 e. The zero-order valence-corrected chi connectivity index (χ0v) is 17.5. The average Bonchev–Trinajstić information content (AvgIpc) is 3.22. The summed E-state index contributed by atoms with van der Waals surface area (Å²) in [6.45, 7) is 3.16. The van der Waals surface area contributed by atoms with Crippen LogP contribution in [0.25, 0.3) is 0 Å². The van der Waals surface area contributed by atoms with Gasteiger partial charge in [0.05, 0.1) is 15.9 Å². The molecule has 160 valence electrons. The van der Waals surface area contributed by atoms with Crippen molar-refractivity contribution in [3.05, 3.63) is 63.7 Å². The maximum absolute atomic E-state index is 13.0. The van der Waals surface area contributed by atoms with Crippen LogP contribution in [0.2, 0.25) is 0 Å². The molecule has 2 aromatic carbocycles. The fourth-order valence-corrected chi connectivity index (χ4v) is 5.50. The first-order chi connectivity index (χ1) is 14.4. The predicted octanol–water partition coefficient (Wildman–Crippen LogP) is 2.47. The molecule has 1 heterocycles. The number of aryl methyl sites for hydroxylation is 2. The number of fused-ring (bicyclic) bond motifs is 1. The summed E-state index contributed by atoms with van der Waals surface area (Å²) in [5, 5.41) is 10.8. The van der Waals surface area contributed by atoms with Crippen molar-refractivity contribution in [1.82, 2.24) is 9.21 Å². The molecule has 1 aliphatic carbocycles. The number of piperazine rings is 1. The van der Waals surface area contributed by atoms with Gasteiger partial charge in [0.1, 0.15) is 12.4 Å². The number of ether oxygens (including phenoxy) is 1. The molecule has 0 saturated carbocycles. The first-order valence-corrected chi connectivity index (χ1v) is 11.6. The van der Waals surface area contributed by atoms with Gasteiger partial charge in [-0.15, -0.1) is 0 Å². The quantitative estimate of drug-likeness (QED) is 0.494. The predicted molar refractivity (Wildman–Crippen MR) is 112 cm³/mol. The lowest BCUT2D eigenvalue weighted by Crippen LogP contribution is -2.49. The van der Waals surface area contributed by atoms with Crippen LogP contribution in [0.15, 0.2) is 47.4 Å². The Morgan fingerprint density at radius 3 is 2.53 bits per heavy atom. The molecule has 1 aliphatic heterocycles. The van der Waals surface area contributed by atoms with Crippen molar-refractivity contribution in [2.75, 3.05) is 39.3 Å². The van der Waals surface area contributed by atoms with E-state index >= 15 is 0 Å². The van der Waals surface area contributed by atoms with Crippen LogP contribution in [0.5, 0.6) is 5.75 Å². The highest BCUT2D eigenvalue weighted by Crippen LogP contribution is 2.26. The van der Waals surface area contributed by atoms with Crippen molar-refractivity contribution < 1.29 is 18.1 Å². The molecule has 0 radical (unpaired) electrons. The number of nitrogens with zero attached hydrogens (tertiary/aromatic N) is 3. The zero-order chi connectivity index (χ0) is 21.1. The minimum Gasteiger partial charge on any atom is -0.492 e. The van der Waals surface area contributed by atoms with E-state index in [1.165, 1.54) is 17.7 Å². The second kappa shape index (κ2) is 8.71. The molecular weight excluding hydrogens is 406 g/mol. The summed E-state index contributed by atoms with van der Waals surface area (Å²) >= 11 is 0. The summed E-state index contributed by atoms with van der Waals surface area (Å²) in [7, 11) is -3.47. The molecule has 0 amide bonds. The fraction of sp³-hybridized carbons (Fsp3) is 0.429. The lowest BCUT2D eigenvalue weighted by Gasteiger charge is -2.33. The van der Waals surface area contributed by atoms with Crippen LogP contribution in [0.4, 0.5) is 5.69 Å². The van der Waals surface area contributed by atoms with E-state index in [1.807, 2.05) is 12.1 Å². The molecule has 1 fully saturated rings. The third-order valence-corrected chi connectivity index (χ3v) is 7.64. The summed E-state index contributed by atoms with van der Waals surface area (Å²) < 4.78 is 33.2. The first-order valence-electron chi connectivity index (χ1n) is 10.1. The van der Waals surface area contributed by atoms with Gasteiger partial charge < -0.3 is 4.74 Å². The maximum Gasteiger partial charge on any atom is 0.273 e. The fourth-order valence-electron chi connectivity index (χ4n) is 4.03. The van der Waals surface area contributed by atoms with Gasteiger partial charge >= 0.3 is 0 Å². The van der Waals surface area contributed by atoms with Gasteiger partial charge in [-0.3, -0.25) is 15.0 Å². The Morgan fingerprint density at radius 1 is 1.00 bits per heavy atom. The number of nitro benzene ring substituents is 1. The highest BCUT2D eigenvalue weighted by atomic mass is 32.2. The van der Waals surface area contributed by atoms with Crippen LogP contribution in [0, 0.1) is 10.1 Å². The maximum atomic E-state index is 13.0. The molecule has 9 heteroatoms. The number of sulfonamides is 1. The molecule has 0 N–H and O–H groups in total. The van der Waals surface area contributed by atoms with Crippen molar-refractivity contribution >= 4 is 15.7 Å². The van der Waals surface area contributed by atoms with Gasteiger partial charge in [-0.05, 0) is 48.6 Å². The Kier molecular flexibility index (Phi) is 6.03. The van der Waals surface area contributed by atoms with Crippen LogP contribution in [0.1, 0.15) is 17.5 Å². The van der Waals surface area contributed by atoms with E-state index in [4.69, 9.17) is 4.74 Å². The normalized spacial score (nSPS) is 17.6. The van der Waals surface area contributed by atoms with E-state index in [9.17, 15) is 18.5 Å². The number of benzene rings is 2. The number of nitro groups is 1. The van der Waals surface area contributed by atoms with Gasteiger partial charge in [-0.25, -0.2) is 8.42 Å². The molecular formula is C21H25N3O5S. The van der Waals surface area contributed by atoms with Gasteiger partial charge in [-0.2, -0.15) is 4.31 Å². The van der Waals surface area contributed by atoms with Crippen molar-refractivity contribution in [3.63, 3.8) is 0 Å². The third kappa shape index (κ3) is 4.48. The Labute approximate surface area is 176 Å². The summed E-state index contributed by atoms with van der Waals surface area (Å²) in [5.41, 5.74) is 2.42. The minimum absolute atomic E-state index is 0.00197. The Bertz CT molecular complexity index is 1030. The molecule has 8 nitrogen and oxygen atoms in total. The van der Waals surface area contributed by atoms with E-state index in [0.29, 0.717) is 50.0 Å². The topological polar surface area (TPSA) is 93.0 Å². The van der Waals surface area contributed by atoms with Crippen LogP contribution < -0.4 is 4.74 Å². The lowest BCUT2D eigenvalue weighted by molar-refractivity contribution is -0.384. The standard InChI is InChI=1S/C21H25N3O5S/c25-24(26)19-5-2-6-20(16-19)29-14-13-22-9-11-23(12-10-22)30(27,28)21-8-7-17-3-1-4-18(17)15-21/h2,5-8,15-16H,1,3-4,9-14H2. The molecule has 0 atom stereocenters. The molecule has 2 aliphatic rings. The number of rotatable bonds is 7. The van der Waals surface area contributed by atoms with Crippen molar-refractivity contribution in [2.45, 2.75) is 24.2 Å². The molecule has 2 aromatic rings. The van der Waals surface area contributed by atoms with Crippen molar-refractivity contribution in [3.8, 4) is 5.75 Å². The molecule has 4 rings (SSSR count). The third-order valence-electron chi connectivity index (χ3n) is 5.74. The highest BCUT2D eigenvalue weighted by molar-refractivity contribution is 7.89. The van der Waals surface area contributed by atoms with Crippen molar-refractivity contribution in [2.24, 2.45) is 0 Å². The lowest BCUT2D eigenvalue weighted by atomic mass is 10.1. The van der Waals surface area contributed by atoms with Gasteiger partial charge in [0.2, 0.25) is 10.0 Å². The number of hydrogen-bond donors (Lipinski definition) is 0. The van der Waals surface area contributed by atoms with Crippen LogP contribution in [-0.4, -0.2) is 61.9 Å². The zero-order valence-electron chi connectivity index (χ0n) is 16.7. The van der Waals surface area contributed by atoms with E-state index in [2.05, 4.69) is 4.90 Å². The Balaban J connectivity index is 1.28. The molecule has 0 unspecified atom stereocenters. The molecule has 0 spiro atoms. The SMILES string of the molecule is O=[N+]([O-])c1cccc(OCCN2CCN(S(=O)(=O)c3ccc4c(c3)CCC4)CC2)c1. The van der Waals surface area contributed by atoms with E-state index in [-0.39, 0.29) is 5.69 Å². The van der Waals surface area contributed by atoms with Crippen LogP contribution in [0.3, 0.4) is 0 Å². The van der Waals surface area contributed by atoms with Gasteiger partial charge in [0, 0.05) is 38.8 Å². The van der Waals surface area contributed by atoms with Crippen LogP contribution >= 0.6 is 0 Å². The minimum atomic E-state index is -3.47. The molecule has 0 aromatic heterocycles. The molecule has 1 saturated heterocycles. The van der Waals surface area contributed by atoms with E-state index < -0.39 is 14.9 Å². The second-order valence-electron chi connectivity index (χ2n) is 7.63.